The third kappa shape index (κ3) is 3.66. The standard InChI is InChI=1S/C17H17N3O6/c1-3-12(16(22)18-14-8-10(2)26-19-14)24-15(21)9-20-11-6-4-5-7-13(11)25-17(20)23/h4-8,12H,3,9H2,1-2H3,(H,18,19,22). The molecule has 1 aromatic carbocycles. The highest BCUT2D eigenvalue weighted by Crippen LogP contribution is 2.13. The molecule has 2 heterocycles. The van der Waals surface area contributed by atoms with Gasteiger partial charge in [-0.05, 0) is 25.5 Å². The Kier molecular flexibility index (Phi) is 4.87. The lowest BCUT2D eigenvalue weighted by atomic mass is 10.2. The number of ether oxygens (including phenoxy) is 1. The van der Waals surface area contributed by atoms with E-state index in [-0.39, 0.29) is 18.8 Å². The van der Waals surface area contributed by atoms with Crippen LogP contribution in [0.3, 0.4) is 0 Å². The number of carbonyl (C=O) groups is 2. The summed E-state index contributed by atoms with van der Waals surface area (Å²) in [6.45, 7) is 3.03. The first-order valence-electron chi connectivity index (χ1n) is 8.00. The minimum atomic E-state index is -1.02. The van der Waals surface area contributed by atoms with Gasteiger partial charge >= 0.3 is 11.7 Å². The van der Waals surface area contributed by atoms with Crippen molar-refractivity contribution in [2.24, 2.45) is 0 Å². The lowest BCUT2D eigenvalue weighted by molar-refractivity contribution is -0.155. The van der Waals surface area contributed by atoms with Crippen LogP contribution in [0.1, 0.15) is 19.1 Å². The highest BCUT2D eigenvalue weighted by Gasteiger charge is 2.23. The zero-order valence-corrected chi connectivity index (χ0v) is 14.2. The van der Waals surface area contributed by atoms with Gasteiger partial charge in [0.25, 0.3) is 5.91 Å². The third-order valence-corrected chi connectivity index (χ3v) is 3.68. The Balaban J connectivity index is 1.68. The average Bonchev–Trinajstić information content (AvgIpc) is 3.16. The Bertz CT molecular complexity index is 999. The van der Waals surface area contributed by atoms with E-state index in [1.54, 1.807) is 44.2 Å². The van der Waals surface area contributed by atoms with E-state index in [1.807, 2.05) is 0 Å². The molecule has 26 heavy (non-hydrogen) atoms. The molecule has 0 saturated heterocycles. The molecule has 1 unspecified atom stereocenters. The molecule has 0 spiro atoms. The summed E-state index contributed by atoms with van der Waals surface area (Å²) in [6, 6.07) is 8.27. The monoisotopic (exact) mass is 359 g/mol. The molecule has 1 amide bonds. The van der Waals surface area contributed by atoms with E-state index >= 15 is 0 Å². The molecule has 0 fully saturated rings. The van der Waals surface area contributed by atoms with Crippen molar-refractivity contribution in [2.45, 2.75) is 32.9 Å². The topological polar surface area (TPSA) is 117 Å². The van der Waals surface area contributed by atoms with Gasteiger partial charge in [0.05, 0.1) is 5.52 Å². The second-order valence-electron chi connectivity index (χ2n) is 5.62. The van der Waals surface area contributed by atoms with Gasteiger partial charge in [0.15, 0.2) is 17.5 Å². The van der Waals surface area contributed by atoms with Crippen LogP contribution in [0.2, 0.25) is 0 Å². The number of hydrogen-bond donors (Lipinski definition) is 1. The van der Waals surface area contributed by atoms with Crippen LogP contribution in [-0.4, -0.2) is 27.7 Å². The molecule has 0 bridgehead atoms. The summed E-state index contributed by atoms with van der Waals surface area (Å²) in [7, 11) is 0. The third-order valence-electron chi connectivity index (χ3n) is 3.68. The summed E-state index contributed by atoms with van der Waals surface area (Å²) < 4.78 is 16.3. The van der Waals surface area contributed by atoms with Crippen molar-refractivity contribution < 1.29 is 23.3 Å². The number of fused-ring (bicyclic) bond motifs is 1. The van der Waals surface area contributed by atoms with Crippen molar-refractivity contribution in [3.63, 3.8) is 0 Å². The van der Waals surface area contributed by atoms with Gasteiger partial charge in [-0.25, -0.2) is 4.79 Å². The predicted molar refractivity (Wildman–Crippen MR) is 90.5 cm³/mol. The number of nitrogens with zero attached hydrogens (tertiary/aromatic N) is 2. The molecule has 0 radical (unpaired) electrons. The Hall–Kier alpha value is -3.36. The SMILES string of the molecule is CCC(OC(=O)Cn1c(=O)oc2ccccc21)C(=O)Nc1cc(C)on1. The van der Waals surface area contributed by atoms with Gasteiger partial charge in [0, 0.05) is 6.07 Å². The highest BCUT2D eigenvalue weighted by atomic mass is 16.5. The first-order chi connectivity index (χ1) is 12.5. The molecule has 0 aliphatic heterocycles. The van der Waals surface area contributed by atoms with Gasteiger partial charge < -0.3 is 19.0 Å². The summed E-state index contributed by atoms with van der Waals surface area (Å²) in [5.41, 5.74) is 0.849. The van der Waals surface area contributed by atoms with Crippen LogP contribution in [0, 0.1) is 6.92 Å². The smallest absolute Gasteiger partial charge is 0.420 e. The van der Waals surface area contributed by atoms with Crippen LogP contribution in [-0.2, 0) is 20.9 Å². The second-order valence-corrected chi connectivity index (χ2v) is 5.62. The van der Waals surface area contributed by atoms with Crippen molar-refractivity contribution >= 4 is 28.8 Å². The highest BCUT2D eigenvalue weighted by molar-refractivity contribution is 5.94. The van der Waals surface area contributed by atoms with E-state index in [4.69, 9.17) is 13.7 Å². The number of para-hydroxylation sites is 2. The quantitative estimate of drug-likeness (QED) is 0.668. The molecule has 2 aromatic heterocycles. The van der Waals surface area contributed by atoms with E-state index in [0.29, 0.717) is 16.9 Å². The van der Waals surface area contributed by atoms with E-state index in [0.717, 1.165) is 4.57 Å². The minimum absolute atomic E-state index is 0.235. The number of aryl methyl sites for hydroxylation is 1. The van der Waals surface area contributed by atoms with Crippen molar-refractivity contribution in [3.05, 3.63) is 46.6 Å². The number of aromatic nitrogens is 2. The maximum absolute atomic E-state index is 12.2. The maximum Gasteiger partial charge on any atom is 0.420 e. The zero-order valence-electron chi connectivity index (χ0n) is 14.2. The summed E-state index contributed by atoms with van der Waals surface area (Å²) in [5, 5.41) is 6.16. The Morgan fingerprint density at radius 3 is 2.81 bits per heavy atom. The first kappa shape index (κ1) is 17.5. The molecule has 1 atom stereocenters. The average molecular weight is 359 g/mol. The van der Waals surface area contributed by atoms with Crippen molar-refractivity contribution in [2.75, 3.05) is 5.32 Å². The number of nitrogens with one attached hydrogen (secondary N) is 1. The van der Waals surface area contributed by atoms with Crippen molar-refractivity contribution in [1.29, 1.82) is 0 Å². The molecule has 0 aliphatic rings. The fourth-order valence-corrected chi connectivity index (χ4v) is 2.44. The largest absolute Gasteiger partial charge is 0.451 e. The summed E-state index contributed by atoms with van der Waals surface area (Å²) in [5.74, 6) is -1.15. The Labute approximate surface area is 147 Å². The van der Waals surface area contributed by atoms with E-state index in [1.165, 1.54) is 0 Å². The predicted octanol–water partition coefficient (Wildman–Crippen LogP) is 1.85. The molecule has 0 aliphatic carbocycles. The number of benzene rings is 1. The van der Waals surface area contributed by atoms with E-state index < -0.39 is 23.7 Å². The number of esters is 1. The van der Waals surface area contributed by atoms with E-state index in [9.17, 15) is 14.4 Å². The maximum atomic E-state index is 12.2. The van der Waals surface area contributed by atoms with Gasteiger partial charge in [-0.15, -0.1) is 0 Å². The fraction of sp³-hybridized carbons (Fsp3) is 0.294. The molecule has 1 N–H and O–H groups in total. The second kappa shape index (κ2) is 7.26. The van der Waals surface area contributed by atoms with Crippen LogP contribution in [0.15, 0.2) is 44.1 Å². The number of carbonyl (C=O) groups excluding carboxylic acids is 2. The van der Waals surface area contributed by atoms with Crippen LogP contribution >= 0.6 is 0 Å². The molecule has 136 valence electrons. The first-order valence-corrected chi connectivity index (χ1v) is 8.00. The van der Waals surface area contributed by atoms with Gasteiger partial charge in [0.1, 0.15) is 12.3 Å². The lowest BCUT2D eigenvalue weighted by Gasteiger charge is -2.15. The zero-order chi connectivity index (χ0) is 18.7. The Morgan fingerprint density at radius 2 is 2.12 bits per heavy atom. The van der Waals surface area contributed by atoms with Crippen LogP contribution in [0.5, 0.6) is 0 Å². The Morgan fingerprint density at radius 1 is 1.35 bits per heavy atom. The summed E-state index contributed by atoms with van der Waals surface area (Å²) >= 11 is 0. The van der Waals surface area contributed by atoms with Gasteiger partial charge in [-0.1, -0.05) is 24.2 Å². The minimum Gasteiger partial charge on any atom is -0.451 e. The molecule has 3 aromatic rings. The van der Waals surface area contributed by atoms with Gasteiger partial charge in [0.2, 0.25) is 0 Å². The molecule has 3 rings (SSSR count). The molecule has 9 heteroatoms. The van der Waals surface area contributed by atoms with Crippen LogP contribution < -0.4 is 11.1 Å². The van der Waals surface area contributed by atoms with Gasteiger partial charge in [-0.2, -0.15) is 0 Å². The van der Waals surface area contributed by atoms with E-state index in [2.05, 4.69) is 10.5 Å². The van der Waals surface area contributed by atoms with Crippen molar-refractivity contribution in [3.8, 4) is 0 Å². The molecule has 0 saturated carbocycles. The fourth-order valence-electron chi connectivity index (χ4n) is 2.44. The number of hydrogen-bond acceptors (Lipinski definition) is 7. The van der Waals surface area contributed by atoms with Crippen molar-refractivity contribution in [1.82, 2.24) is 9.72 Å². The molecule has 9 nitrogen and oxygen atoms in total. The normalized spacial score (nSPS) is 12.1. The number of oxazole rings is 1. The van der Waals surface area contributed by atoms with Gasteiger partial charge in [-0.3, -0.25) is 14.2 Å². The summed E-state index contributed by atoms with van der Waals surface area (Å²) in [4.78, 5) is 36.3. The summed E-state index contributed by atoms with van der Waals surface area (Å²) in [6.07, 6.45) is -0.761. The molecular weight excluding hydrogens is 342 g/mol. The van der Waals surface area contributed by atoms with Crippen LogP contribution in [0.4, 0.5) is 5.82 Å². The lowest BCUT2D eigenvalue weighted by Crippen LogP contribution is -2.34. The number of rotatable bonds is 6. The number of amides is 1. The molecular formula is C17H17N3O6. The number of anilines is 1. The van der Waals surface area contributed by atoms with Crippen LogP contribution in [0.25, 0.3) is 11.1 Å².